The van der Waals surface area contributed by atoms with Crippen molar-refractivity contribution in [1.82, 2.24) is 24.9 Å². The van der Waals surface area contributed by atoms with Crippen molar-refractivity contribution in [2.45, 2.75) is 51.6 Å². The van der Waals surface area contributed by atoms with E-state index in [-0.39, 0.29) is 23.6 Å². The van der Waals surface area contributed by atoms with Crippen molar-refractivity contribution in [3.63, 3.8) is 0 Å². The van der Waals surface area contributed by atoms with Crippen molar-refractivity contribution in [2.75, 3.05) is 19.6 Å². The van der Waals surface area contributed by atoms with E-state index in [1.807, 2.05) is 72.0 Å². The highest BCUT2D eigenvalue weighted by atomic mass is 35.5. The molecule has 1 fully saturated rings. The number of hydrazine groups is 1. The number of benzene rings is 3. The van der Waals surface area contributed by atoms with Crippen LogP contribution in [0.5, 0.6) is 5.75 Å². The summed E-state index contributed by atoms with van der Waals surface area (Å²) in [6.45, 7) is 5.31. The van der Waals surface area contributed by atoms with Gasteiger partial charge in [-0.25, -0.2) is 5.01 Å². The number of hydrogen-bond acceptors (Lipinski definition) is 4. The summed E-state index contributed by atoms with van der Waals surface area (Å²) in [6, 6.07) is 20.9. The number of para-hydroxylation sites is 1. The maximum absolute atomic E-state index is 13.5. The molecular formula is C35H38ClN5O3. The van der Waals surface area contributed by atoms with Crippen molar-refractivity contribution in [1.29, 1.82) is 0 Å². The molecule has 0 saturated carbocycles. The maximum atomic E-state index is 13.5. The summed E-state index contributed by atoms with van der Waals surface area (Å²) in [5, 5.41) is 16.9. The average Bonchev–Trinajstić information content (AvgIpc) is 3.62. The summed E-state index contributed by atoms with van der Waals surface area (Å²) in [5.74, 6) is 0.437. The van der Waals surface area contributed by atoms with E-state index in [1.165, 1.54) is 5.56 Å². The number of hydrogen-bond donors (Lipinski definition) is 3. The number of aromatic amines is 2. The van der Waals surface area contributed by atoms with Gasteiger partial charge in [0.05, 0.1) is 6.04 Å². The number of fused-ring (bicyclic) bond motifs is 2. The Morgan fingerprint density at radius 1 is 0.909 bits per heavy atom. The second kappa shape index (κ2) is 12.8. The molecule has 0 radical (unpaired) electrons. The first-order chi connectivity index (χ1) is 21.3. The Hall–Kier alpha value is -4.27. The molecule has 6 rings (SSSR count). The van der Waals surface area contributed by atoms with E-state index < -0.39 is 0 Å². The van der Waals surface area contributed by atoms with Gasteiger partial charge in [-0.2, -0.15) is 0 Å². The topological polar surface area (TPSA) is 95.7 Å². The van der Waals surface area contributed by atoms with Crippen LogP contribution >= 0.6 is 11.6 Å². The predicted octanol–water partition coefficient (Wildman–Crippen LogP) is 6.61. The number of piperidine rings is 1. The number of amides is 2. The molecule has 228 valence electrons. The predicted molar refractivity (Wildman–Crippen MR) is 174 cm³/mol. The summed E-state index contributed by atoms with van der Waals surface area (Å²) in [4.78, 5) is 35.0. The summed E-state index contributed by atoms with van der Waals surface area (Å²) in [7, 11) is 0. The summed E-state index contributed by atoms with van der Waals surface area (Å²) in [5.41, 5.74) is 5.22. The molecule has 1 aliphatic heterocycles. The lowest BCUT2D eigenvalue weighted by Crippen LogP contribution is -2.57. The van der Waals surface area contributed by atoms with Gasteiger partial charge in [-0.1, -0.05) is 48.0 Å². The van der Waals surface area contributed by atoms with Crippen LogP contribution < -0.4 is 0 Å². The summed E-state index contributed by atoms with van der Waals surface area (Å²) in [6.07, 6.45) is 6.37. The first-order valence-electron chi connectivity index (χ1n) is 15.2. The molecule has 3 aromatic carbocycles. The van der Waals surface area contributed by atoms with Gasteiger partial charge < -0.3 is 20.0 Å². The minimum absolute atomic E-state index is 0.0495. The van der Waals surface area contributed by atoms with Gasteiger partial charge in [0.25, 0.3) is 0 Å². The van der Waals surface area contributed by atoms with Gasteiger partial charge in [0.1, 0.15) is 5.75 Å². The van der Waals surface area contributed by atoms with E-state index in [9.17, 15) is 14.7 Å². The lowest BCUT2D eigenvalue weighted by molar-refractivity contribution is -0.158. The number of aromatic nitrogens is 2. The zero-order valence-corrected chi connectivity index (χ0v) is 25.8. The van der Waals surface area contributed by atoms with Crippen LogP contribution in [0.25, 0.3) is 21.8 Å². The average molecular weight is 612 g/mol. The minimum Gasteiger partial charge on any atom is -0.508 e. The molecule has 1 saturated heterocycles. The van der Waals surface area contributed by atoms with Crippen LogP contribution in [0.15, 0.2) is 79.1 Å². The fourth-order valence-corrected chi connectivity index (χ4v) is 6.92. The molecule has 0 bridgehead atoms. The van der Waals surface area contributed by atoms with Crippen LogP contribution in [0.3, 0.4) is 0 Å². The maximum Gasteiger partial charge on any atom is 0.234 e. The standard InChI is InChI=1S/C35H38ClN5O3/c1-23(42)39(21-26-7-3-5-9-33(26)36)22-28(17-27-19-37-34-10-6-4-8-30(27)34)41(24(2)43)40-15-13-25(14-16-40)32-20-38-35-12-11-29(44)18-31(32)35/h3-12,18-20,25,28,37-38,44H,13-17,21-22H2,1-2H3/t28-/m1/s1. The van der Waals surface area contributed by atoms with Crippen molar-refractivity contribution in [2.24, 2.45) is 0 Å². The Morgan fingerprint density at radius 2 is 1.61 bits per heavy atom. The van der Waals surface area contributed by atoms with Crippen LogP contribution in [-0.2, 0) is 22.6 Å². The zero-order chi connectivity index (χ0) is 30.8. The second-order valence-electron chi connectivity index (χ2n) is 11.8. The molecule has 2 amide bonds. The Morgan fingerprint density at radius 3 is 2.36 bits per heavy atom. The van der Waals surface area contributed by atoms with E-state index in [0.29, 0.717) is 43.5 Å². The number of nitrogens with one attached hydrogen (secondary N) is 2. The lowest BCUT2D eigenvalue weighted by Gasteiger charge is -2.44. The highest BCUT2D eigenvalue weighted by molar-refractivity contribution is 6.31. The van der Waals surface area contributed by atoms with Gasteiger partial charge in [-0.05, 0) is 72.2 Å². The molecule has 1 aliphatic rings. The number of carbonyl (C=O) groups excluding carboxylic acids is 2. The number of aromatic hydroxyl groups is 1. The third-order valence-electron chi connectivity index (χ3n) is 8.91. The smallest absolute Gasteiger partial charge is 0.234 e. The van der Waals surface area contributed by atoms with Gasteiger partial charge in [-0.3, -0.25) is 14.6 Å². The number of halogens is 1. The minimum atomic E-state index is -0.292. The van der Waals surface area contributed by atoms with Gasteiger partial charge in [0.2, 0.25) is 11.8 Å². The largest absolute Gasteiger partial charge is 0.508 e. The van der Waals surface area contributed by atoms with Crippen molar-refractivity contribution in [3.8, 4) is 5.75 Å². The van der Waals surface area contributed by atoms with Crippen molar-refractivity contribution >= 4 is 45.2 Å². The van der Waals surface area contributed by atoms with Gasteiger partial charge >= 0.3 is 0 Å². The van der Waals surface area contributed by atoms with Crippen LogP contribution in [-0.4, -0.2) is 67.5 Å². The number of phenols is 1. The zero-order valence-electron chi connectivity index (χ0n) is 25.1. The molecule has 2 aromatic heterocycles. The number of carbonyl (C=O) groups is 2. The van der Waals surface area contributed by atoms with Crippen molar-refractivity contribution < 1.29 is 14.7 Å². The van der Waals surface area contributed by atoms with E-state index in [0.717, 1.165) is 45.8 Å². The highest BCUT2D eigenvalue weighted by Crippen LogP contribution is 2.35. The van der Waals surface area contributed by atoms with E-state index >= 15 is 0 Å². The monoisotopic (exact) mass is 611 g/mol. The first-order valence-corrected chi connectivity index (χ1v) is 15.5. The molecule has 0 spiro atoms. The summed E-state index contributed by atoms with van der Waals surface area (Å²) >= 11 is 6.49. The van der Waals surface area contributed by atoms with Crippen molar-refractivity contribution in [3.05, 3.63) is 101 Å². The Bertz CT molecular complexity index is 1790. The molecular weight excluding hydrogens is 574 g/mol. The lowest BCUT2D eigenvalue weighted by atomic mass is 9.89. The Kier molecular flexibility index (Phi) is 8.64. The normalized spacial score (nSPS) is 15.1. The molecule has 0 unspecified atom stereocenters. The van der Waals surface area contributed by atoms with E-state index in [2.05, 4.69) is 21.0 Å². The number of rotatable bonds is 9. The molecule has 3 N–H and O–H groups in total. The van der Waals surface area contributed by atoms with Crippen LogP contribution in [0.1, 0.15) is 49.3 Å². The fourth-order valence-electron chi connectivity index (χ4n) is 6.72. The fraction of sp³-hybridized carbons (Fsp3) is 0.314. The molecule has 8 nitrogen and oxygen atoms in total. The third-order valence-corrected chi connectivity index (χ3v) is 9.28. The number of H-pyrrole nitrogens is 2. The SMILES string of the molecule is CC(=O)N(Cc1ccccc1Cl)C[C@@H](Cc1c[nH]c2ccccc12)N(C(C)=O)N1CCC(c2c[nH]c3ccc(O)cc23)CC1. The van der Waals surface area contributed by atoms with E-state index in [1.54, 1.807) is 24.8 Å². The van der Waals surface area contributed by atoms with Gasteiger partial charge in [0.15, 0.2) is 0 Å². The Labute approximate surface area is 262 Å². The molecule has 0 aliphatic carbocycles. The molecule has 1 atom stereocenters. The van der Waals surface area contributed by atoms with Crippen LogP contribution in [0.2, 0.25) is 5.02 Å². The second-order valence-corrected chi connectivity index (χ2v) is 12.2. The van der Waals surface area contributed by atoms with Gasteiger partial charge in [0, 0.05) is 79.2 Å². The number of nitrogens with zero attached hydrogens (tertiary/aromatic N) is 3. The summed E-state index contributed by atoms with van der Waals surface area (Å²) < 4.78 is 0. The van der Waals surface area contributed by atoms with E-state index in [4.69, 9.17) is 11.6 Å². The Balaban J connectivity index is 1.28. The molecule has 44 heavy (non-hydrogen) atoms. The highest BCUT2D eigenvalue weighted by Gasteiger charge is 2.34. The third kappa shape index (κ3) is 6.18. The quantitative estimate of drug-likeness (QED) is 0.175. The molecule has 5 aromatic rings. The number of phenolic OH excluding ortho intramolecular Hbond substituents is 1. The first kappa shape index (κ1) is 29.8. The van der Waals surface area contributed by atoms with Crippen LogP contribution in [0.4, 0.5) is 0 Å². The van der Waals surface area contributed by atoms with Gasteiger partial charge in [-0.15, -0.1) is 0 Å². The van der Waals surface area contributed by atoms with Crippen LogP contribution in [0, 0.1) is 0 Å². The molecule has 9 heteroatoms. The molecule has 3 heterocycles.